The fourth-order valence-corrected chi connectivity index (χ4v) is 4.97. The van der Waals surface area contributed by atoms with Crippen molar-refractivity contribution in [3.8, 4) is 0 Å². The quantitative estimate of drug-likeness (QED) is 0.692. The number of hydrogen-bond acceptors (Lipinski definition) is 5. The summed E-state index contributed by atoms with van der Waals surface area (Å²) in [6, 6.07) is 6.77. The Labute approximate surface area is 161 Å². The van der Waals surface area contributed by atoms with Gasteiger partial charge in [0, 0.05) is 32.8 Å². The summed E-state index contributed by atoms with van der Waals surface area (Å²) in [5, 5.41) is 5.95. The smallest absolute Gasteiger partial charge is 0.243 e. The van der Waals surface area contributed by atoms with Gasteiger partial charge in [0.2, 0.25) is 15.9 Å². The molecule has 2 aliphatic heterocycles. The van der Waals surface area contributed by atoms with Crippen LogP contribution in [0.1, 0.15) is 37.7 Å². The number of carbonyl (C=O) groups is 1. The van der Waals surface area contributed by atoms with Crippen LogP contribution in [0.25, 0.3) is 0 Å². The van der Waals surface area contributed by atoms with E-state index >= 15 is 0 Å². The molecule has 1 aromatic rings. The monoisotopic (exact) mass is 395 g/mol. The van der Waals surface area contributed by atoms with E-state index in [0.717, 1.165) is 44.3 Å². The number of hydrogen-bond donors (Lipinski definition) is 2. The minimum atomic E-state index is -3.41. The van der Waals surface area contributed by atoms with E-state index < -0.39 is 10.0 Å². The summed E-state index contributed by atoms with van der Waals surface area (Å²) in [5.41, 5.74) is 0.875. The van der Waals surface area contributed by atoms with E-state index in [2.05, 4.69) is 10.6 Å². The number of piperidine rings is 1. The Bertz CT molecular complexity index is 709. The zero-order chi connectivity index (χ0) is 19.1. The molecule has 150 valence electrons. The summed E-state index contributed by atoms with van der Waals surface area (Å²) < 4.78 is 32.3. The van der Waals surface area contributed by atoms with Crippen LogP contribution >= 0.6 is 0 Å². The van der Waals surface area contributed by atoms with Crippen LogP contribution in [0, 0.1) is 0 Å². The molecule has 7 nitrogen and oxygen atoms in total. The lowest BCUT2D eigenvalue weighted by atomic mass is 10.2. The van der Waals surface area contributed by atoms with Gasteiger partial charge >= 0.3 is 0 Å². The van der Waals surface area contributed by atoms with Crippen molar-refractivity contribution in [2.24, 2.45) is 0 Å². The molecule has 1 unspecified atom stereocenters. The molecule has 0 spiro atoms. The van der Waals surface area contributed by atoms with Crippen LogP contribution in [-0.2, 0) is 26.1 Å². The van der Waals surface area contributed by atoms with Crippen molar-refractivity contribution >= 4 is 15.9 Å². The molecule has 0 radical (unpaired) electrons. The highest BCUT2D eigenvalue weighted by molar-refractivity contribution is 7.89. The highest BCUT2D eigenvalue weighted by atomic mass is 32.2. The van der Waals surface area contributed by atoms with E-state index in [0.29, 0.717) is 31.1 Å². The van der Waals surface area contributed by atoms with E-state index in [1.54, 1.807) is 28.6 Å². The Morgan fingerprint density at radius 2 is 1.85 bits per heavy atom. The van der Waals surface area contributed by atoms with Crippen LogP contribution in [0.3, 0.4) is 0 Å². The Balaban J connectivity index is 1.43. The molecule has 27 heavy (non-hydrogen) atoms. The van der Waals surface area contributed by atoms with Crippen molar-refractivity contribution in [1.29, 1.82) is 0 Å². The first-order valence-corrected chi connectivity index (χ1v) is 11.2. The van der Waals surface area contributed by atoms with Crippen molar-refractivity contribution in [2.75, 3.05) is 32.8 Å². The van der Waals surface area contributed by atoms with Crippen LogP contribution < -0.4 is 10.6 Å². The lowest BCUT2D eigenvalue weighted by Crippen LogP contribution is -2.37. The summed E-state index contributed by atoms with van der Waals surface area (Å²) in [6.45, 7) is 3.32. The third-order valence-corrected chi connectivity index (χ3v) is 6.96. The first-order valence-electron chi connectivity index (χ1n) is 9.74. The van der Waals surface area contributed by atoms with Gasteiger partial charge in [0.15, 0.2) is 0 Å². The van der Waals surface area contributed by atoms with Crippen LogP contribution in [0.2, 0.25) is 0 Å². The van der Waals surface area contributed by atoms with Gasteiger partial charge in [-0.3, -0.25) is 4.79 Å². The maximum Gasteiger partial charge on any atom is 0.243 e. The normalized spacial score (nSPS) is 21.3. The molecule has 1 aromatic carbocycles. The van der Waals surface area contributed by atoms with Crippen molar-refractivity contribution in [3.63, 3.8) is 0 Å². The van der Waals surface area contributed by atoms with Crippen LogP contribution in [0.4, 0.5) is 0 Å². The third-order valence-electron chi connectivity index (χ3n) is 5.05. The fourth-order valence-electron chi connectivity index (χ4n) is 3.45. The molecule has 0 bridgehead atoms. The standard InChI is InChI=1S/C19H29N3O4S/c23-19(15-20-14-17-5-4-12-26-17)21-13-16-6-8-18(9-7-16)27(24,25)22-10-2-1-3-11-22/h6-9,17,20H,1-5,10-15H2,(H,21,23). The van der Waals surface area contributed by atoms with Gasteiger partial charge in [0.25, 0.3) is 0 Å². The Hall–Kier alpha value is -1.48. The summed E-state index contributed by atoms with van der Waals surface area (Å²) in [7, 11) is -3.41. The molecule has 8 heteroatoms. The first kappa shape index (κ1) is 20.3. The van der Waals surface area contributed by atoms with Crippen LogP contribution in [-0.4, -0.2) is 57.5 Å². The van der Waals surface area contributed by atoms with Gasteiger partial charge in [-0.1, -0.05) is 18.6 Å². The molecule has 2 N–H and O–H groups in total. The third kappa shape index (κ3) is 5.75. The van der Waals surface area contributed by atoms with Crippen LogP contribution in [0.5, 0.6) is 0 Å². The molecule has 1 atom stereocenters. The number of rotatable bonds is 8. The minimum absolute atomic E-state index is 0.0852. The average Bonchev–Trinajstić information content (AvgIpc) is 3.21. The van der Waals surface area contributed by atoms with E-state index in [1.165, 1.54) is 0 Å². The predicted molar refractivity (Wildman–Crippen MR) is 103 cm³/mol. The number of carbonyl (C=O) groups excluding carboxylic acids is 1. The van der Waals surface area contributed by atoms with Crippen molar-refractivity contribution < 1.29 is 17.9 Å². The second-order valence-corrected chi connectivity index (χ2v) is 9.09. The average molecular weight is 396 g/mol. The summed E-state index contributed by atoms with van der Waals surface area (Å²) in [6.07, 6.45) is 5.28. The molecule has 0 saturated carbocycles. The first-order chi connectivity index (χ1) is 13.1. The van der Waals surface area contributed by atoms with Gasteiger partial charge in [-0.15, -0.1) is 0 Å². The maximum absolute atomic E-state index is 12.6. The van der Waals surface area contributed by atoms with Crippen molar-refractivity contribution in [1.82, 2.24) is 14.9 Å². The molecule has 2 heterocycles. The number of amides is 1. The van der Waals surface area contributed by atoms with Crippen molar-refractivity contribution in [3.05, 3.63) is 29.8 Å². The van der Waals surface area contributed by atoms with E-state index in [-0.39, 0.29) is 18.6 Å². The van der Waals surface area contributed by atoms with Gasteiger partial charge < -0.3 is 15.4 Å². The Kier molecular flexibility index (Phi) is 7.23. The largest absolute Gasteiger partial charge is 0.377 e. The Morgan fingerprint density at radius 3 is 2.52 bits per heavy atom. The van der Waals surface area contributed by atoms with Gasteiger partial charge in [-0.05, 0) is 43.4 Å². The second kappa shape index (κ2) is 9.64. The summed E-state index contributed by atoms with van der Waals surface area (Å²) >= 11 is 0. The second-order valence-electron chi connectivity index (χ2n) is 7.15. The molecule has 0 aromatic heterocycles. The predicted octanol–water partition coefficient (Wildman–Crippen LogP) is 1.25. The van der Waals surface area contributed by atoms with Gasteiger partial charge in [0.05, 0.1) is 17.5 Å². The lowest BCUT2D eigenvalue weighted by Gasteiger charge is -2.25. The molecule has 0 aliphatic carbocycles. The summed E-state index contributed by atoms with van der Waals surface area (Å²) in [5.74, 6) is -0.0852. The molecular weight excluding hydrogens is 366 g/mol. The van der Waals surface area contributed by atoms with Gasteiger partial charge in [0.1, 0.15) is 0 Å². The SMILES string of the molecule is O=C(CNCC1CCCO1)NCc1ccc(S(=O)(=O)N2CCCCC2)cc1. The molecule has 3 rings (SSSR count). The van der Waals surface area contributed by atoms with Crippen molar-refractivity contribution in [2.45, 2.75) is 49.6 Å². The Morgan fingerprint density at radius 1 is 1.11 bits per heavy atom. The number of sulfonamides is 1. The number of nitrogens with zero attached hydrogens (tertiary/aromatic N) is 1. The van der Waals surface area contributed by atoms with Gasteiger partial charge in [-0.25, -0.2) is 8.42 Å². The zero-order valence-electron chi connectivity index (χ0n) is 15.7. The maximum atomic E-state index is 12.6. The number of nitrogens with one attached hydrogen (secondary N) is 2. The molecule has 2 aliphatic rings. The van der Waals surface area contributed by atoms with E-state index in [9.17, 15) is 13.2 Å². The van der Waals surface area contributed by atoms with Crippen LogP contribution in [0.15, 0.2) is 29.2 Å². The lowest BCUT2D eigenvalue weighted by molar-refractivity contribution is -0.120. The number of ether oxygens (including phenoxy) is 1. The van der Waals surface area contributed by atoms with Gasteiger partial charge in [-0.2, -0.15) is 4.31 Å². The number of benzene rings is 1. The minimum Gasteiger partial charge on any atom is -0.377 e. The highest BCUT2D eigenvalue weighted by Gasteiger charge is 2.25. The topological polar surface area (TPSA) is 87.7 Å². The van der Waals surface area contributed by atoms with E-state index in [4.69, 9.17) is 4.74 Å². The molecular formula is C19H29N3O4S. The molecule has 2 fully saturated rings. The molecule has 2 saturated heterocycles. The zero-order valence-corrected chi connectivity index (χ0v) is 16.5. The molecule has 1 amide bonds. The summed E-state index contributed by atoms with van der Waals surface area (Å²) in [4.78, 5) is 12.2. The fraction of sp³-hybridized carbons (Fsp3) is 0.632. The highest BCUT2D eigenvalue weighted by Crippen LogP contribution is 2.20. The van der Waals surface area contributed by atoms with E-state index in [1.807, 2.05) is 0 Å².